The van der Waals surface area contributed by atoms with Crippen LogP contribution in [0, 0.1) is 17.8 Å². The minimum absolute atomic E-state index is 0.0921. The fraction of sp³-hybridized carbons (Fsp3) is 0.900. The van der Waals surface area contributed by atoms with Crippen molar-refractivity contribution < 1.29 is 35.1 Å². The number of rotatable bonds is 4. The maximum absolute atomic E-state index is 12.0. The molecule has 2 saturated carbocycles. The Kier molecular flexibility index (Phi) is 3.13. The maximum atomic E-state index is 12.0. The van der Waals surface area contributed by atoms with Crippen molar-refractivity contribution in [3.05, 3.63) is 0 Å². The van der Waals surface area contributed by atoms with Crippen molar-refractivity contribution in [3.63, 3.8) is 0 Å². The third kappa shape index (κ3) is 2.24. The van der Waals surface area contributed by atoms with Crippen molar-refractivity contribution in [1.29, 1.82) is 0 Å². The fourth-order valence-corrected chi connectivity index (χ4v) is 6.05. The zero-order valence-electron chi connectivity index (χ0n) is 10.3. The molecule has 8 nitrogen and oxygen atoms in total. The van der Waals surface area contributed by atoms with Crippen molar-refractivity contribution >= 4 is 26.2 Å². The number of carbonyl (C=O) groups excluding carboxylic acids is 1. The van der Waals surface area contributed by atoms with Gasteiger partial charge in [0.05, 0.1) is 12.0 Å². The van der Waals surface area contributed by atoms with Gasteiger partial charge in [0.2, 0.25) is 0 Å². The zero-order valence-corrected chi connectivity index (χ0v) is 12.0. The Bertz CT molecular complexity index is 634. The molecule has 0 amide bonds. The predicted molar refractivity (Wildman–Crippen MR) is 64.7 cm³/mol. The lowest BCUT2D eigenvalue weighted by molar-refractivity contribution is -0.149. The van der Waals surface area contributed by atoms with E-state index < -0.39 is 49.7 Å². The highest BCUT2D eigenvalue weighted by molar-refractivity contribution is 7.87. The minimum Gasteiger partial charge on any atom is -0.464 e. The summed E-state index contributed by atoms with van der Waals surface area (Å²) in [5.74, 6) is -2.46. The van der Waals surface area contributed by atoms with Crippen LogP contribution in [-0.4, -0.2) is 51.1 Å². The average Bonchev–Trinajstić information content (AvgIpc) is 2.85. The van der Waals surface area contributed by atoms with Gasteiger partial charge in [-0.2, -0.15) is 16.8 Å². The van der Waals surface area contributed by atoms with E-state index in [4.69, 9.17) is 13.5 Å². The Morgan fingerprint density at radius 2 is 2.05 bits per heavy atom. The first-order valence-corrected chi connectivity index (χ1v) is 9.31. The first-order chi connectivity index (χ1) is 9.19. The Morgan fingerprint density at radius 3 is 2.70 bits per heavy atom. The third-order valence-electron chi connectivity index (χ3n) is 4.32. The van der Waals surface area contributed by atoms with E-state index in [1.54, 1.807) is 0 Å². The van der Waals surface area contributed by atoms with E-state index in [1.807, 2.05) is 0 Å². The van der Waals surface area contributed by atoms with Crippen molar-refractivity contribution in [3.8, 4) is 0 Å². The standard InChI is InChI=1S/C10H14O8S2/c11-10(17-1-2-19(12,13)14)8-5-3-6-7(4-5)18-20(15,16)9(6)8/h5-9H,1-4H2,(H,12,13,14)/t5-,6?,7?,8?,9?/m1/s1. The summed E-state index contributed by atoms with van der Waals surface area (Å²) in [5, 5.41) is -0.871. The van der Waals surface area contributed by atoms with Gasteiger partial charge in [0, 0.05) is 5.92 Å². The molecule has 20 heavy (non-hydrogen) atoms. The second kappa shape index (κ2) is 4.39. The summed E-state index contributed by atoms with van der Waals surface area (Å²) in [6, 6.07) is 0. The van der Waals surface area contributed by atoms with E-state index in [2.05, 4.69) is 0 Å². The molecule has 114 valence electrons. The van der Waals surface area contributed by atoms with Gasteiger partial charge < -0.3 is 4.74 Å². The summed E-state index contributed by atoms with van der Waals surface area (Å²) in [5.41, 5.74) is 0. The SMILES string of the molecule is O=C(OCCS(=O)(=O)O)C1C2C3C[C@@H]1CC3OS2(=O)=O. The first-order valence-electron chi connectivity index (χ1n) is 6.23. The third-order valence-corrected chi connectivity index (χ3v) is 6.83. The molecule has 3 fully saturated rings. The van der Waals surface area contributed by atoms with E-state index in [0.29, 0.717) is 12.8 Å². The molecule has 2 aliphatic carbocycles. The van der Waals surface area contributed by atoms with Gasteiger partial charge in [-0.25, -0.2) is 0 Å². The van der Waals surface area contributed by atoms with Gasteiger partial charge in [0.1, 0.15) is 17.6 Å². The lowest BCUT2D eigenvalue weighted by atomic mass is 9.87. The summed E-state index contributed by atoms with van der Waals surface area (Å²) in [6.07, 6.45) is 0.808. The molecule has 0 spiro atoms. The number of hydrogen-bond acceptors (Lipinski definition) is 7. The molecular weight excluding hydrogens is 312 g/mol. The van der Waals surface area contributed by atoms with Crippen molar-refractivity contribution in [2.24, 2.45) is 17.8 Å². The lowest BCUT2D eigenvalue weighted by Crippen LogP contribution is -2.38. The van der Waals surface area contributed by atoms with E-state index in [-0.39, 0.29) is 17.9 Å². The number of esters is 1. The first kappa shape index (κ1) is 14.2. The van der Waals surface area contributed by atoms with Gasteiger partial charge in [-0.3, -0.25) is 13.5 Å². The highest BCUT2D eigenvalue weighted by Crippen LogP contribution is 2.57. The monoisotopic (exact) mass is 326 g/mol. The van der Waals surface area contributed by atoms with Gasteiger partial charge in [0.15, 0.2) is 0 Å². The van der Waals surface area contributed by atoms with Crippen LogP contribution in [-0.2, 0) is 34.0 Å². The van der Waals surface area contributed by atoms with Crippen LogP contribution in [0.25, 0.3) is 0 Å². The molecule has 1 heterocycles. The second-order valence-electron chi connectivity index (χ2n) is 5.47. The van der Waals surface area contributed by atoms with Gasteiger partial charge in [-0.1, -0.05) is 0 Å². The zero-order chi connectivity index (χ0) is 14.7. The molecule has 0 radical (unpaired) electrons. The molecule has 5 atom stereocenters. The Balaban J connectivity index is 1.70. The summed E-state index contributed by atoms with van der Waals surface area (Å²) >= 11 is 0. The largest absolute Gasteiger partial charge is 0.464 e. The molecule has 1 N–H and O–H groups in total. The van der Waals surface area contributed by atoms with Crippen LogP contribution in [0.5, 0.6) is 0 Å². The van der Waals surface area contributed by atoms with E-state index >= 15 is 0 Å². The lowest BCUT2D eigenvalue weighted by Gasteiger charge is -2.22. The molecule has 0 aromatic heterocycles. The van der Waals surface area contributed by atoms with Crippen LogP contribution in [0.1, 0.15) is 12.8 Å². The van der Waals surface area contributed by atoms with Gasteiger partial charge in [-0.05, 0) is 18.8 Å². The van der Waals surface area contributed by atoms with E-state index in [1.165, 1.54) is 0 Å². The number of carbonyl (C=O) groups is 1. The molecule has 4 unspecified atom stereocenters. The molecular formula is C10H14O8S2. The average molecular weight is 326 g/mol. The predicted octanol–water partition coefficient (Wildman–Crippen LogP) is -0.829. The maximum Gasteiger partial charge on any atom is 0.310 e. The highest BCUT2D eigenvalue weighted by Gasteiger charge is 2.66. The summed E-state index contributed by atoms with van der Waals surface area (Å²) in [7, 11) is -7.95. The van der Waals surface area contributed by atoms with E-state index in [9.17, 15) is 21.6 Å². The Labute approximate surface area is 116 Å². The molecule has 10 heteroatoms. The van der Waals surface area contributed by atoms with Crippen LogP contribution in [0.15, 0.2) is 0 Å². The second-order valence-corrected chi connectivity index (χ2v) is 8.76. The highest BCUT2D eigenvalue weighted by atomic mass is 32.2. The van der Waals surface area contributed by atoms with Crippen LogP contribution in [0.4, 0.5) is 0 Å². The summed E-state index contributed by atoms with van der Waals surface area (Å²) < 4.78 is 63.2. The van der Waals surface area contributed by atoms with Crippen LogP contribution in [0.3, 0.4) is 0 Å². The molecule has 1 aliphatic heterocycles. The topological polar surface area (TPSA) is 124 Å². The Morgan fingerprint density at radius 1 is 1.35 bits per heavy atom. The number of fused-ring (bicyclic) bond motifs is 1. The van der Waals surface area contributed by atoms with Crippen LogP contribution < -0.4 is 0 Å². The fourth-order valence-electron chi connectivity index (χ4n) is 3.66. The Hall–Kier alpha value is -0.710. The molecule has 3 rings (SSSR count). The van der Waals surface area contributed by atoms with Crippen molar-refractivity contribution in [2.45, 2.75) is 24.2 Å². The molecule has 2 bridgehead atoms. The number of hydrogen-bond donors (Lipinski definition) is 1. The normalized spacial score (nSPS) is 41.0. The number of ether oxygens (including phenoxy) is 1. The van der Waals surface area contributed by atoms with E-state index in [0.717, 1.165) is 0 Å². The molecule has 0 aromatic carbocycles. The van der Waals surface area contributed by atoms with Crippen LogP contribution >= 0.6 is 0 Å². The van der Waals surface area contributed by atoms with Crippen LogP contribution in [0.2, 0.25) is 0 Å². The van der Waals surface area contributed by atoms with Crippen molar-refractivity contribution in [2.75, 3.05) is 12.4 Å². The smallest absolute Gasteiger partial charge is 0.310 e. The minimum atomic E-state index is -4.21. The molecule has 1 saturated heterocycles. The van der Waals surface area contributed by atoms with Crippen molar-refractivity contribution in [1.82, 2.24) is 0 Å². The summed E-state index contributed by atoms with van der Waals surface area (Å²) in [4.78, 5) is 12.0. The molecule has 3 aliphatic rings. The summed E-state index contributed by atoms with van der Waals surface area (Å²) in [6.45, 7) is -0.484. The van der Waals surface area contributed by atoms with Gasteiger partial charge >= 0.3 is 5.97 Å². The quantitative estimate of drug-likeness (QED) is 0.403. The van der Waals surface area contributed by atoms with Gasteiger partial charge in [-0.15, -0.1) is 0 Å². The van der Waals surface area contributed by atoms with Gasteiger partial charge in [0.25, 0.3) is 20.2 Å². The molecule has 0 aromatic rings.